The third-order valence-corrected chi connectivity index (χ3v) is 6.40. The first-order valence-electron chi connectivity index (χ1n) is 10.3. The quantitative estimate of drug-likeness (QED) is 0.744. The zero-order valence-corrected chi connectivity index (χ0v) is 16.9. The molecule has 1 aromatic carbocycles. The van der Waals surface area contributed by atoms with Crippen LogP contribution in [0.15, 0.2) is 18.2 Å². The van der Waals surface area contributed by atoms with E-state index < -0.39 is 5.41 Å². The molecule has 3 rings (SSSR count). The van der Waals surface area contributed by atoms with Crippen molar-refractivity contribution < 1.29 is 9.59 Å². The minimum absolute atomic E-state index is 0.0437. The standard InChI is InChI=1S/C22H33N3O2/c1-15-6-7-19(12-16(15)2)25-21(27)22(9-4-5-10-22)14-24-20(26)18-8-11-23-17(3)13-18/h6-7,12,17-18,23H,4-5,8-11,13-14H2,1-3H3,(H,24,26)(H,25,27)/t17-,18-/m0/s1. The van der Waals surface area contributed by atoms with Crippen LogP contribution in [0.25, 0.3) is 0 Å². The second kappa shape index (κ2) is 8.42. The van der Waals surface area contributed by atoms with Crippen molar-refractivity contribution in [2.75, 3.05) is 18.4 Å². The van der Waals surface area contributed by atoms with Gasteiger partial charge in [0.25, 0.3) is 0 Å². The van der Waals surface area contributed by atoms with E-state index in [0.717, 1.165) is 50.8 Å². The first-order valence-corrected chi connectivity index (χ1v) is 10.3. The van der Waals surface area contributed by atoms with Gasteiger partial charge >= 0.3 is 0 Å². The number of aryl methyl sites for hydroxylation is 2. The number of carbonyl (C=O) groups is 2. The Morgan fingerprint density at radius 1 is 1.19 bits per heavy atom. The summed E-state index contributed by atoms with van der Waals surface area (Å²) in [5, 5.41) is 9.60. The molecule has 0 radical (unpaired) electrons. The molecule has 2 atom stereocenters. The van der Waals surface area contributed by atoms with Crippen molar-refractivity contribution >= 4 is 17.5 Å². The van der Waals surface area contributed by atoms with E-state index in [1.165, 1.54) is 11.1 Å². The summed E-state index contributed by atoms with van der Waals surface area (Å²) in [5.41, 5.74) is 2.74. The van der Waals surface area contributed by atoms with Gasteiger partial charge in [0.2, 0.25) is 11.8 Å². The van der Waals surface area contributed by atoms with Crippen LogP contribution in [-0.2, 0) is 9.59 Å². The zero-order chi connectivity index (χ0) is 19.4. The van der Waals surface area contributed by atoms with E-state index in [4.69, 9.17) is 0 Å². The Hall–Kier alpha value is -1.88. The second-order valence-electron chi connectivity index (χ2n) is 8.53. The highest BCUT2D eigenvalue weighted by molar-refractivity contribution is 5.96. The average Bonchev–Trinajstić information content (AvgIpc) is 3.13. The summed E-state index contributed by atoms with van der Waals surface area (Å²) in [6, 6.07) is 6.39. The van der Waals surface area contributed by atoms with Crippen LogP contribution in [0.2, 0.25) is 0 Å². The Balaban J connectivity index is 1.63. The van der Waals surface area contributed by atoms with Gasteiger partial charge in [-0.3, -0.25) is 9.59 Å². The molecule has 27 heavy (non-hydrogen) atoms. The Morgan fingerprint density at radius 2 is 1.93 bits per heavy atom. The lowest BCUT2D eigenvalue weighted by atomic mass is 9.84. The monoisotopic (exact) mass is 371 g/mol. The minimum atomic E-state index is -0.479. The van der Waals surface area contributed by atoms with Crippen molar-refractivity contribution in [3.05, 3.63) is 29.3 Å². The fourth-order valence-corrected chi connectivity index (χ4v) is 4.39. The maximum absolute atomic E-state index is 13.1. The molecule has 0 bridgehead atoms. The molecule has 1 aromatic rings. The van der Waals surface area contributed by atoms with Crippen LogP contribution in [0.3, 0.4) is 0 Å². The number of piperidine rings is 1. The number of hydrogen-bond donors (Lipinski definition) is 3. The molecular weight excluding hydrogens is 338 g/mol. The first kappa shape index (κ1) is 19.9. The molecule has 148 valence electrons. The van der Waals surface area contributed by atoms with Crippen LogP contribution in [0.5, 0.6) is 0 Å². The predicted octanol–water partition coefficient (Wildman–Crippen LogP) is 3.31. The van der Waals surface area contributed by atoms with Gasteiger partial charge < -0.3 is 16.0 Å². The molecule has 1 aliphatic carbocycles. The third-order valence-electron chi connectivity index (χ3n) is 6.40. The number of amides is 2. The Labute approximate surface area is 162 Å². The molecule has 3 N–H and O–H groups in total. The fourth-order valence-electron chi connectivity index (χ4n) is 4.39. The molecule has 0 aromatic heterocycles. The molecule has 2 fully saturated rings. The lowest BCUT2D eigenvalue weighted by molar-refractivity contribution is -0.129. The lowest BCUT2D eigenvalue weighted by Gasteiger charge is -2.31. The highest BCUT2D eigenvalue weighted by atomic mass is 16.2. The van der Waals surface area contributed by atoms with Crippen molar-refractivity contribution in [3.63, 3.8) is 0 Å². The Morgan fingerprint density at radius 3 is 2.59 bits per heavy atom. The zero-order valence-electron chi connectivity index (χ0n) is 16.9. The summed E-state index contributed by atoms with van der Waals surface area (Å²) in [5.74, 6) is 0.207. The summed E-state index contributed by atoms with van der Waals surface area (Å²) in [6.45, 7) is 7.57. The van der Waals surface area contributed by atoms with E-state index in [-0.39, 0.29) is 17.7 Å². The molecular formula is C22H33N3O2. The van der Waals surface area contributed by atoms with Gasteiger partial charge in [0.1, 0.15) is 0 Å². The highest BCUT2D eigenvalue weighted by Gasteiger charge is 2.42. The molecule has 5 heteroatoms. The fraction of sp³-hybridized carbons (Fsp3) is 0.636. The largest absolute Gasteiger partial charge is 0.355 e. The SMILES string of the molecule is Cc1ccc(NC(=O)C2(CNC(=O)[C@H]3CCN[C@@H](C)C3)CCCC2)cc1C. The van der Waals surface area contributed by atoms with E-state index in [1.54, 1.807) is 0 Å². The number of benzene rings is 1. The molecule has 1 saturated carbocycles. The van der Waals surface area contributed by atoms with Gasteiger partial charge in [0.05, 0.1) is 5.41 Å². The van der Waals surface area contributed by atoms with E-state index in [9.17, 15) is 9.59 Å². The molecule has 0 unspecified atom stereocenters. The smallest absolute Gasteiger partial charge is 0.232 e. The van der Waals surface area contributed by atoms with Crippen LogP contribution >= 0.6 is 0 Å². The van der Waals surface area contributed by atoms with Gasteiger partial charge in [0, 0.05) is 24.2 Å². The number of nitrogens with one attached hydrogen (secondary N) is 3. The molecule has 2 aliphatic rings. The molecule has 2 amide bonds. The van der Waals surface area contributed by atoms with Crippen molar-refractivity contribution in [3.8, 4) is 0 Å². The maximum atomic E-state index is 13.1. The maximum Gasteiger partial charge on any atom is 0.232 e. The van der Waals surface area contributed by atoms with Crippen molar-refractivity contribution in [1.82, 2.24) is 10.6 Å². The highest BCUT2D eigenvalue weighted by Crippen LogP contribution is 2.39. The number of anilines is 1. The molecule has 1 saturated heterocycles. The summed E-state index contributed by atoms with van der Waals surface area (Å²) in [4.78, 5) is 25.7. The summed E-state index contributed by atoms with van der Waals surface area (Å²) in [7, 11) is 0. The summed E-state index contributed by atoms with van der Waals surface area (Å²) in [6.07, 6.45) is 5.51. The number of carbonyl (C=O) groups excluding carboxylic acids is 2. The van der Waals surface area contributed by atoms with Gasteiger partial charge in [-0.05, 0) is 76.3 Å². The van der Waals surface area contributed by atoms with E-state index in [0.29, 0.717) is 12.6 Å². The third kappa shape index (κ3) is 4.70. The van der Waals surface area contributed by atoms with Crippen molar-refractivity contribution in [2.24, 2.45) is 11.3 Å². The van der Waals surface area contributed by atoms with Crippen molar-refractivity contribution in [2.45, 2.75) is 65.3 Å². The Bertz CT molecular complexity index is 695. The van der Waals surface area contributed by atoms with Gasteiger partial charge in [-0.2, -0.15) is 0 Å². The second-order valence-corrected chi connectivity index (χ2v) is 8.53. The number of rotatable bonds is 5. The minimum Gasteiger partial charge on any atom is -0.355 e. The summed E-state index contributed by atoms with van der Waals surface area (Å²) >= 11 is 0. The topological polar surface area (TPSA) is 70.2 Å². The summed E-state index contributed by atoms with van der Waals surface area (Å²) < 4.78 is 0. The average molecular weight is 372 g/mol. The van der Waals surface area contributed by atoms with Gasteiger partial charge in [-0.1, -0.05) is 18.9 Å². The lowest BCUT2D eigenvalue weighted by Crippen LogP contribution is -2.48. The normalized spacial score (nSPS) is 24.4. The predicted molar refractivity (Wildman–Crippen MR) is 109 cm³/mol. The molecule has 1 heterocycles. The van der Waals surface area contributed by atoms with Gasteiger partial charge in [-0.25, -0.2) is 0 Å². The van der Waals surface area contributed by atoms with Crippen LogP contribution in [0.4, 0.5) is 5.69 Å². The first-order chi connectivity index (χ1) is 12.9. The van der Waals surface area contributed by atoms with Crippen LogP contribution in [0, 0.1) is 25.2 Å². The Kier molecular flexibility index (Phi) is 6.20. The van der Waals surface area contributed by atoms with Crippen LogP contribution in [-0.4, -0.2) is 30.9 Å². The molecule has 0 spiro atoms. The van der Waals surface area contributed by atoms with Crippen molar-refractivity contribution in [1.29, 1.82) is 0 Å². The van der Waals surface area contributed by atoms with E-state index in [1.807, 2.05) is 18.2 Å². The van der Waals surface area contributed by atoms with E-state index in [2.05, 4.69) is 36.7 Å². The molecule has 1 aliphatic heterocycles. The van der Waals surface area contributed by atoms with Gasteiger partial charge in [-0.15, -0.1) is 0 Å². The molecule has 5 nitrogen and oxygen atoms in total. The van der Waals surface area contributed by atoms with E-state index >= 15 is 0 Å². The van der Waals surface area contributed by atoms with Crippen LogP contribution in [0.1, 0.15) is 56.6 Å². The van der Waals surface area contributed by atoms with Crippen LogP contribution < -0.4 is 16.0 Å². The number of hydrogen-bond acceptors (Lipinski definition) is 3. The van der Waals surface area contributed by atoms with Gasteiger partial charge in [0.15, 0.2) is 0 Å².